The minimum atomic E-state index is 0.654. The summed E-state index contributed by atoms with van der Waals surface area (Å²) < 4.78 is 0.654. The summed E-state index contributed by atoms with van der Waals surface area (Å²) in [7, 11) is 0. The van der Waals surface area contributed by atoms with Gasteiger partial charge in [-0.05, 0) is 32.3 Å². The van der Waals surface area contributed by atoms with Crippen molar-refractivity contribution < 1.29 is 0 Å². The fourth-order valence-corrected chi connectivity index (χ4v) is 2.51. The normalized spacial score (nSPS) is 12.6. The zero-order valence-electron chi connectivity index (χ0n) is 8.59. The van der Waals surface area contributed by atoms with Gasteiger partial charge in [0.25, 0.3) is 0 Å². The largest absolute Gasteiger partial charge is 0.147 e. The van der Waals surface area contributed by atoms with Crippen LogP contribution >= 0.6 is 23.5 Å². The quantitative estimate of drug-likeness (QED) is 0.470. The lowest BCUT2D eigenvalue weighted by Crippen LogP contribution is -1.91. The zero-order valence-corrected chi connectivity index (χ0v) is 10.2. The van der Waals surface area contributed by atoms with Crippen LogP contribution in [0.25, 0.3) is 0 Å². The fourth-order valence-electron chi connectivity index (χ4n) is 1.00. The van der Waals surface area contributed by atoms with Crippen LogP contribution in [-0.4, -0.2) is 17.1 Å². The van der Waals surface area contributed by atoms with Crippen molar-refractivity contribution in [2.24, 2.45) is 0 Å². The molecule has 0 saturated heterocycles. The second kappa shape index (κ2) is 8.06. The average molecular weight is 204 g/mol. The van der Waals surface area contributed by atoms with Crippen LogP contribution < -0.4 is 0 Å². The summed E-state index contributed by atoms with van der Waals surface area (Å²) in [5.41, 5.74) is 1.55. The Morgan fingerprint density at radius 3 is 2.33 bits per heavy atom. The van der Waals surface area contributed by atoms with Gasteiger partial charge >= 0.3 is 0 Å². The molecule has 0 unspecified atom stereocenters. The number of rotatable bonds is 6. The third-order valence-electron chi connectivity index (χ3n) is 1.81. The summed E-state index contributed by atoms with van der Waals surface area (Å²) in [6.07, 6.45) is 10.6. The average Bonchev–Trinajstić information content (AvgIpc) is 2.10. The van der Waals surface area contributed by atoms with Crippen LogP contribution in [0, 0.1) is 0 Å². The lowest BCUT2D eigenvalue weighted by atomic mass is 10.1. The number of unbranched alkanes of at least 4 members (excludes halogenated alkanes) is 1. The van der Waals surface area contributed by atoms with E-state index in [2.05, 4.69) is 32.4 Å². The molecule has 0 aliphatic carbocycles. The summed E-state index contributed by atoms with van der Waals surface area (Å²) in [4.78, 5) is 0. The van der Waals surface area contributed by atoms with Crippen molar-refractivity contribution in [3.05, 3.63) is 11.6 Å². The summed E-state index contributed by atoms with van der Waals surface area (Å²) >= 11 is 3.84. The molecule has 0 aliphatic heterocycles. The van der Waals surface area contributed by atoms with Gasteiger partial charge in [0.15, 0.2) is 0 Å². The molecule has 72 valence electrons. The topological polar surface area (TPSA) is 0 Å². The van der Waals surface area contributed by atoms with Crippen LogP contribution in [-0.2, 0) is 0 Å². The summed E-state index contributed by atoms with van der Waals surface area (Å²) in [6.45, 7) is 4.49. The Kier molecular flexibility index (Phi) is 8.35. The maximum atomic E-state index is 2.39. The molecule has 0 aromatic heterocycles. The first-order valence-corrected chi connectivity index (χ1v) is 7.05. The van der Waals surface area contributed by atoms with E-state index in [4.69, 9.17) is 0 Å². The number of allylic oxidation sites excluding steroid dienone is 1. The third kappa shape index (κ3) is 6.01. The Bertz CT molecular complexity index is 126. The van der Waals surface area contributed by atoms with Gasteiger partial charge in [-0.3, -0.25) is 0 Å². The molecule has 2 heteroatoms. The van der Waals surface area contributed by atoms with Crippen LogP contribution in [0.15, 0.2) is 11.6 Å². The molecule has 0 fully saturated rings. The van der Waals surface area contributed by atoms with E-state index in [1.807, 2.05) is 23.5 Å². The predicted molar refractivity (Wildman–Crippen MR) is 64.1 cm³/mol. The minimum Gasteiger partial charge on any atom is -0.147 e. The van der Waals surface area contributed by atoms with Crippen LogP contribution in [0.2, 0.25) is 0 Å². The molecule has 0 rings (SSSR count). The van der Waals surface area contributed by atoms with Crippen LogP contribution in [0.3, 0.4) is 0 Å². The van der Waals surface area contributed by atoms with Crippen LogP contribution in [0.1, 0.15) is 33.1 Å². The molecule has 0 heterocycles. The van der Waals surface area contributed by atoms with Gasteiger partial charge in [0.2, 0.25) is 0 Å². The third-order valence-corrected chi connectivity index (χ3v) is 4.17. The molecule has 0 aromatic carbocycles. The first-order valence-electron chi connectivity index (χ1n) is 4.47. The highest BCUT2D eigenvalue weighted by Crippen LogP contribution is 2.22. The van der Waals surface area contributed by atoms with Crippen molar-refractivity contribution in [2.75, 3.05) is 12.5 Å². The highest BCUT2D eigenvalue weighted by atomic mass is 32.2. The van der Waals surface area contributed by atoms with Gasteiger partial charge in [0.1, 0.15) is 0 Å². The smallest absolute Gasteiger partial charge is 0.0679 e. The van der Waals surface area contributed by atoms with Gasteiger partial charge in [-0.2, -0.15) is 0 Å². The van der Waals surface area contributed by atoms with Gasteiger partial charge in [-0.25, -0.2) is 0 Å². The van der Waals surface area contributed by atoms with E-state index in [1.165, 1.54) is 19.3 Å². The first kappa shape index (κ1) is 12.4. The van der Waals surface area contributed by atoms with E-state index in [1.54, 1.807) is 5.57 Å². The summed E-state index contributed by atoms with van der Waals surface area (Å²) in [5, 5.41) is 0. The SMILES string of the molecule is CCCC/C(C)=C\C(SC)SC. The van der Waals surface area contributed by atoms with E-state index >= 15 is 0 Å². The van der Waals surface area contributed by atoms with E-state index in [-0.39, 0.29) is 0 Å². The van der Waals surface area contributed by atoms with Gasteiger partial charge in [-0.15, -0.1) is 23.5 Å². The van der Waals surface area contributed by atoms with Crippen molar-refractivity contribution in [2.45, 2.75) is 37.7 Å². The Hall–Kier alpha value is 0.440. The van der Waals surface area contributed by atoms with Gasteiger partial charge in [0, 0.05) is 0 Å². The highest BCUT2D eigenvalue weighted by Gasteiger charge is 2.00. The van der Waals surface area contributed by atoms with E-state index in [9.17, 15) is 0 Å². The standard InChI is InChI=1S/C10H20S2/c1-5-6-7-9(2)8-10(11-3)12-4/h8,10H,5-7H2,1-4H3/b9-8-. The second-order valence-electron chi connectivity index (χ2n) is 2.96. The Morgan fingerprint density at radius 2 is 1.92 bits per heavy atom. The zero-order chi connectivity index (χ0) is 9.40. The van der Waals surface area contributed by atoms with E-state index < -0.39 is 0 Å². The molecular formula is C10H20S2. The van der Waals surface area contributed by atoms with Gasteiger partial charge < -0.3 is 0 Å². The molecule has 0 amide bonds. The van der Waals surface area contributed by atoms with Crippen molar-refractivity contribution in [3.8, 4) is 0 Å². The van der Waals surface area contributed by atoms with Crippen LogP contribution in [0.5, 0.6) is 0 Å². The molecule has 0 atom stereocenters. The van der Waals surface area contributed by atoms with Gasteiger partial charge in [-0.1, -0.05) is 25.0 Å². The van der Waals surface area contributed by atoms with Gasteiger partial charge in [0.05, 0.1) is 4.58 Å². The molecule has 12 heavy (non-hydrogen) atoms. The lowest BCUT2D eigenvalue weighted by Gasteiger charge is -2.07. The number of hydrogen-bond acceptors (Lipinski definition) is 2. The van der Waals surface area contributed by atoms with E-state index in [0.29, 0.717) is 4.58 Å². The molecule has 0 aliphatic rings. The maximum Gasteiger partial charge on any atom is 0.0679 e. The molecule has 0 saturated carbocycles. The molecule has 0 radical (unpaired) electrons. The molecule has 0 aromatic rings. The molecule has 0 bridgehead atoms. The van der Waals surface area contributed by atoms with Crippen molar-refractivity contribution in [1.29, 1.82) is 0 Å². The molecule has 0 N–H and O–H groups in total. The summed E-state index contributed by atoms with van der Waals surface area (Å²) in [6, 6.07) is 0. The molecule has 0 spiro atoms. The summed E-state index contributed by atoms with van der Waals surface area (Å²) in [5.74, 6) is 0. The number of hydrogen-bond donors (Lipinski definition) is 0. The predicted octanol–water partition coefficient (Wildman–Crippen LogP) is 4.18. The minimum absolute atomic E-state index is 0.654. The van der Waals surface area contributed by atoms with Crippen molar-refractivity contribution in [3.63, 3.8) is 0 Å². The second-order valence-corrected chi connectivity index (χ2v) is 5.21. The first-order chi connectivity index (χ1) is 5.74. The molecular weight excluding hydrogens is 184 g/mol. The maximum absolute atomic E-state index is 2.39. The Balaban J connectivity index is 3.77. The monoisotopic (exact) mass is 204 g/mol. The van der Waals surface area contributed by atoms with E-state index in [0.717, 1.165) is 0 Å². The van der Waals surface area contributed by atoms with Crippen molar-refractivity contribution >= 4 is 23.5 Å². The van der Waals surface area contributed by atoms with Crippen molar-refractivity contribution in [1.82, 2.24) is 0 Å². The Labute approximate surface area is 85.6 Å². The highest BCUT2D eigenvalue weighted by molar-refractivity contribution is 8.16. The molecule has 0 nitrogen and oxygen atoms in total. The number of thioether (sulfide) groups is 2. The van der Waals surface area contributed by atoms with Crippen LogP contribution in [0.4, 0.5) is 0 Å². The Morgan fingerprint density at radius 1 is 1.33 bits per heavy atom. The fraction of sp³-hybridized carbons (Fsp3) is 0.800. The lowest BCUT2D eigenvalue weighted by molar-refractivity contribution is 0.786.